The molecule has 4 N–H and O–H groups in total. The van der Waals surface area contributed by atoms with E-state index in [1.807, 2.05) is 24.3 Å². The minimum absolute atomic E-state index is 0.110. The first-order chi connectivity index (χ1) is 9.08. The van der Waals surface area contributed by atoms with Crippen molar-refractivity contribution in [3.05, 3.63) is 35.4 Å². The average molecular weight is 261 g/mol. The van der Waals surface area contributed by atoms with Gasteiger partial charge in [-0.15, -0.1) is 0 Å². The molecule has 0 saturated heterocycles. The Morgan fingerprint density at radius 1 is 1.47 bits per heavy atom. The van der Waals surface area contributed by atoms with Crippen LogP contribution in [0.5, 0.6) is 0 Å². The average Bonchev–Trinajstić information content (AvgIpc) is 2.36. The third kappa shape index (κ3) is 3.32. The monoisotopic (exact) mass is 261 g/mol. The van der Waals surface area contributed by atoms with Gasteiger partial charge in [0.05, 0.1) is 0 Å². The van der Waals surface area contributed by atoms with Crippen molar-refractivity contribution in [3.63, 3.8) is 0 Å². The standard InChI is InChI=1S/C14H19N3O2/c1-9(8-12(15)18)17-14(19)13-11-5-3-2-4-10(11)6-7-16-13/h2-5,9,13,16H,6-8H2,1H3,(H2,15,18)(H,17,19). The Bertz CT molecular complexity index is 487. The van der Waals surface area contributed by atoms with E-state index in [2.05, 4.69) is 10.6 Å². The molecule has 5 nitrogen and oxygen atoms in total. The largest absolute Gasteiger partial charge is 0.370 e. The molecule has 1 aromatic carbocycles. The summed E-state index contributed by atoms with van der Waals surface area (Å²) in [5, 5.41) is 6.03. The maximum atomic E-state index is 12.2. The number of nitrogens with two attached hydrogens (primary N) is 1. The number of nitrogens with one attached hydrogen (secondary N) is 2. The summed E-state index contributed by atoms with van der Waals surface area (Å²) in [6.07, 6.45) is 1.08. The van der Waals surface area contributed by atoms with Crippen LogP contribution in [0.4, 0.5) is 0 Å². The Labute approximate surface area is 112 Å². The fourth-order valence-corrected chi connectivity index (χ4v) is 2.42. The maximum Gasteiger partial charge on any atom is 0.241 e. The number of rotatable bonds is 4. The van der Waals surface area contributed by atoms with Crippen molar-refractivity contribution in [1.29, 1.82) is 0 Å². The number of carbonyl (C=O) groups is 2. The minimum Gasteiger partial charge on any atom is -0.370 e. The predicted octanol–water partition coefficient (Wildman–Crippen LogP) is 0.254. The number of benzene rings is 1. The van der Waals surface area contributed by atoms with Gasteiger partial charge >= 0.3 is 0 Å². The molecule has 2 amide bonds. The zero-order valence-corrected chi connectivity index (χ0v) is 11.0. The van der Waals surface area contributed by atoms with Gasteiger partial charge in [-0.05, 0) is 24.5 Å². The molecule has 5 heteroatoms. The number of primary amides is 1. The lowest BCUT2D eigenvalue weighted by molar-refractivity contribution is -0.124. The fraction of sp³-hybridized carbons (Fsp3) is 0.429. The van der Waals surface area contributed by atoms with Crippen LogP contribution in [0.25, 0.3) is 0 Å². The van der Waals surface area contributed by atoms with E-state index in [1.165, 1.54) is 5.56 Å². The van der Waals surface area contributed by atoms with E-state index < -0.39 is 5.91 Å². The van der Waals surface area contributed by atoms with Gasteiger partial charge in [0.2, 0.25) is 11.8 Å². The zero-order valence-electron chi connectivity index (χ0n) is 11.0. The molecule has 1 aliphatic rings. The molecule has 0 spiro atoms. The molecular formula is C14H19N3O2. The Balaban J connectivity index is 2.06. The molecule has 0 bridgehead atoms. The van der Waals surface area contributed by atoms with Crippen molar-refractivity contribution in [1.82, 2.24) is 10.6 Å². The van der Waals surface area contributed by atoms with E-state index in [0.29, 0.717) is 0 Å². The molecule has 1 aromatic rings. The van der Waals surface area contributed by atoms with Gasteiger partial charge in [0.15, 0.2) is 0 Å². The second-order valence-electron chi connectivity index (χ2n) is 4.92. The Hall–Kier alpha value is -1.88. The van der Waals surface area contributed by atoms with Gasteiger partial charge in [0, 0.05) is 19.0 Å². The molecule has 19 heavy (non-hydrogen) atoms. The van der Waals surface area contributed by atoms with Gasteiger partial charge in [-0.25, -0.2) is 0 Å². The van der Waals surface area contributed by atoms with Gasteiger partial charge in [-0.2, -0.15) is 0 Å². The quantitative estimate of drug-likeness (QED) is 0.726. The van der Waals surface area contributed by atoms with Crippen LogP contribution in [-0.4, -0.2) is 24.4 Å². The minimum atomic E-state index is -0.412. The van der Waals surface area contributed by atoms with Crippen LogP contribution < -0.4 is 16.4 Å². The highest BCUT2D eigenvalue weighted by molar-refractivity contribution is 5.85. The highest BCUT2D eigenvalue weighted by Crippen LogP contribution is 2.22. The first-order valence-electron chi connectivity index (χ1n) is 6.48. The van der Waals surface area contributed by atoms with Gasteiger partial charge in [0.25, 0.3) is 0 Å². The van der Waals surface area contributed by atoms with Crippen LogP contribution in [0.3, 0.4) is 0 Å². The van der Waals surface area contributed by atoms with E-state index in [9.17, 15) is 9.59 Å². The van der Waals surface area contributed by atoms with E-state index in [4.69, 9.17) is 5.73 Å². The summed E-state index contributed by atoms with van der Waals surface area (Å²) in [6.45, 7) is 2.55. The SMILES string of the molecule is CC(CC(N)=O)NC(=O)C1NCCc2ccccc21. The number of fused-ring (bicyclic) bond motifs is 1. The van der Waals surface area contributed by atoms with Crippen molar-refractivity contribution in [2.45, 2.75) is 31.8 Å². The van der Waals surface area contributed by atoms with E-state index >= 15 is 0 Å². The highest BCUT2D eigenvalue weighted by Gasteiger charge is 2.26. The second-order valence-corrected chi connectivity index (χ2v) is 4.92. The number of hydrogen-bond acceptors (Lipinski definition) is 3. The third-order valence-corrected chi connectivity index (χ3v) is 3.27. The van der Waals surface area contributed by atoms with Crippen molar-refractivity contribution < 1.29 is 9.59 Å². The third-order valence-electron chi connectivity index (χ3n) is 3.27. The highest BCUT2D eigenvalue weighted by atomic mass is 16.2. The van der Waals surface area contributed by atoms with Crippen molar-refractivity contribution in [2.75, 3.05) is 6.54 Å². The van der Waals surface area contributed by atoms with Gasteiger partial charge in [-0.3, -0.25) is 9.59 Å². The smallest absolute Gasteiger partial charge is 0.241 e. The van der Waals surface area contributed by atoms with E-state index in [0.717, 1.165) is 18.5 Å². The summed E-state index contributed by atoms with van der Waals surface area (Å²) in [4.78, 5) is 23.0. The summed E-state index contributed by atoms with van der Waals surface area (Å²) < 4.78 is 0. The molecule has 0 aromatic heterocycles. The normalized spacial score (nSPS) is 19.3. The fourth-order valence-electron chi connectivity index (χ4n) is 2.42. The van der Waals surface area contributed by atoms with Crippen LogP contribution >= 0.6 is 0 Å². The molecule has 102 valence electrons. The Kier molecular flexibility index (Phi) is 4.16. The first-order valence-corrected chi connectivity index (χ1v) is 6.48. The van der Waals surface area contributed by atoms with Gasteiger partial charge in [-0.1, -0.05) is 24.3 Å². The van der Waals surface area contributed by atoms with Crippen LogP contribution in [0.15, 0.2) is 24.3 Å². The summed E-state index contributed by atoms with van der Waals surface area (Å²) in [5.74, 6) is -0.522. The van der Waals surface area contributed by atoms with Crippen LogP contribution in [0, 0.1) is 0 Å². The second kappa shape index (κ2) is 5.84. The summed E-state index contributed by atoms with van der Waals surface area (Å²) in [7, 11) is 0. The van der Waals surface area contributed by atoms with Crippen LogP contribution in [0.2, 0.25) is 0 Å². The Morgan fingerprint density at radius 2 is 2.21 bits per heavy atom. The zero-order chi connectivity index (χ0) is 13.8. The van der Waals surface area contributed by atoms with Crippen molar-refractivity contribution in [3.8, 4) is 0 Å². The Morgan fingerprint density at radius 3 is 2.95 bits per heavy atom. The molecular weight excluding hydrogens is 242 g/mol. The van der Waals surface area contributed by atoms with Crippen LogP contribution in [0.1, 0.15) is 30.5 Å². The molecule has 1 aliphatic heterocycles. The topological polar surface area (TPSA) is 84.2 Å². The van der Waals surface area contributed by atoms with Gasteiger partial charge in [0.1, 0.15) is 6.04 Å². The van der Waals surface area contributed by atoms with Crippen molar-refractivity contribution >= 4 is 11.8 Å². The molecule has 1 heterocycles. The predicted molar refractivity (Wildman–Crippen MR) is 72.3 cm³/mol. The summed E-state index contributed by atoms with van der Waals surface area (Å²) in [5.41, 5.74) is 7.33. The number of carbonyl (C=O) groups excluding carboxylic acids is 2. The maximum absolute atomic E-state index is 12.2. The van der Waals surface area contributed by atoms with Crippen molar-refractivity contribution in [2.24, 2.45) is 5.73 Å². The lowest BCUT2D eigenvalue weighted by Crippen LogP contribution is -2.45. The summed E-state index contributed by atoms with van der Waals surface area (Å²) >= 11 is 0. The lowest BCUT2D eigenvalue weighted by Gasteiger charge is -2.27. The molecule has 0 fully saturated rings. The van der Waals surface area contributed by atoms with E-state index in [-0.39, 0.29) is 24.4 Å². The first kappa shape index (κ1) is 13.5. The molecule has 2 atom stereocenters. The number of hydrogen-bond donors (Lipinski definition) is 3. The molecule has 0 radical (unpaired) electrons. The lowest BCUT2D eigenvalue weighted by atomic mass is 9.94. The molecule has 2 rings (SSSR count). The van der Waals surface area contributed by atoms with Crippen LogP contribution in [-0.2, 0) is 16.0 Å². The molecule has 0 aliphatic carbocycles. The molecule has 2 unspecified atom stereocenters. The molecule has 0 saturated carbocycles. The van der Waals surface area contributed by atoms with Gasteiger partial charge < -0.3 is 16.4 Å². The summed E-state index contributed by atoms with van der Waals surface area (Å²) in [6, 6.07) is 7.32. The number of amides is 2. The van der Waals surface area contributed by atoms with E-state index in [1.54, 1.807) is 6.92 Å².